The zero-order chi connectivity index (χ0) is 19.4. The molecule has 1 saturated carbocycles. The molecule has 1 unspecified atom stereocenters. The van der Waals surface area contributed by atoms with Crippen LogP contribution in [-0.4, -0.2) is 18.5 Å². The molecule has 0 bridgehead atoms. The van der Waals surface area contributed by atoms with Gasteiger partial charge in [-0.3, -0.25) is 9.59 Å². The Morgan fingerprint density at radius 2 is 1.78 bits per heavy atom. The summed E-state index contributed by atoms with van der Waals surface area (Å²) in [5, 5.41) is 3.04. The number of benzene rings is 1. The Morgan fingerprint density at radius 1 is 1.07 bits per heavy atom. The van der Waals surface area contributed by atoms with Crippen LogP contribution in [0.2, 0.25) is 0 Å². The first-order valence-electron chi connectivity index (χ1n) is 10.4. The fourth-order valence-electron chi connectivity index (χ4n) is 4.59. The Morgan fingerprint density at radius 3 is 2.48 bits per heavy atom. The van der Waals surface area contributed by atoms with Crippen molar-refractivity contribution in [1.82, 2.24) is 5.32 Å². The fourth-order valence-corrected chi connectivity index (χ4v) is 4.59. The maximum absolute atomic E-state index is 12.3. The molecule has 4 heteroatoms. The summed E-state index contributed by atoms with van der Waals surface area (Å²) in [6.45, 7) is 6.63. The quantitative estimate of drug-likeness (QED) is 0.789. The van der Waals surface area contributed by atoms with E-state index in [1.54, 1.807) is 0 Å². The topological polar surface area (TPSA) is 55.4 Å². The van der Waals surface area contributed by atoms with Crippen LogP contribution in [0.15, 0.2) is 24.3 Å². The van der Waals surface area contributed by atoms with Gasteiger partial charge in [0.2, 0.25) is 0 Å². The summed E-state index contributed by atoms with van der Waals surface area (Å²) in [6.07, 6.45) is 6.94. The maximum Gasteiger partial charge on any atom is 0.309 e. The van der Waals surface area contributed by atoms with Gasteiger partial charge in [0.1, 0.15) is 0 Å². The van der Waals surface area contributed by atoms with Gasteiger partial charge in [0.15, 0.2) is 6.61 Å². The van der Waals surface area contributed by atoms with Crippen molar-refractivity contribution >= 4 is 11.9 Å². The lowest BCUT2D eigenvalue weighted by Crippen LogP contribution is -2.35. The first-order valence-corrected chi connectivity index (χ1v) is 10.4. The Balaban J connectivity index is 1.44. The summed E-state index contributed by atoms with van der Waals surface area (Å²) >= 11 is 0. The highest BCUT2D eigenvalue weighted by molar-refractivity contribution is 5.81. The Bertz CT molecular complexity index is 668. The second-order valence-electron chi connectivity index (χ2n) is 9.23. The van der Waals surface area contributed by atoms with Crippen molar-refractivity contribution in [2.24, 2.45) is 17.3 Å². The van der Waals surface area contributed by atoms with E-state index >= 15 is 0 Å². The van der Waals surface area contributed by atoms with Crippen LogP contribution >= 0.6 is 0 Å². The van der Waals surface area contributed by atoms with Crippen LogP contribution < -0.4 is 5.32 Å². The number of hydrogen-bond donors (Lipinski definition) is 1. The van der Waals surface area contributed by atoms with Crippen molar-refractivity contribution in [3.63, 3.8) is 0 Å². The Labute approximate surface area is 163 Å². The molecule has 0 aliphatic heterocycles. The molecule has 1 fully saturated rings. The average Bonchev–Trinajstić information content (AvgIpc) is 2.66. The van der Waals surface area contributed by atoms with E-state index < -0.39 is 0 Å². The van der Waals surface area contributed by atoms with E-state index in [0.717, 1.165) is 44.9 Å². The van der Waals surface area contributed by atoms with E-state index in [4.69, 9.17) is 4.74 Å². The third-order valence-electron chi connectivity index (χ3n) is 6.34. The Kier molecular flexibility index (Phi) is 6.23. The van der Waals surface area contributed by atoms with Crippen LogP contribution in [0.5, 0.6) is 0 Å². The molecule has 1 aromatic carbocycles. The highest BCUT2D eigenvalue weighted by Crippen LogP contribution is 2.40. The van der Waals surface area contributed by atoms with Gasteiger partial charge >= 0.3 is 5.97 Å². The number of fused-ring (bicyclic) bond motifs is 1. The van der Waals surface area contributed by atoms with Gasteiger partial charge in [-0.05, 0) is 67.4 Å². The largest absolute Gasteiger partial charge is 0.455 e. The zero-order valence-electron chi connectivity index (χ0n) is 16.9. The molecular weight excluding hydrogens is 338 g/mol. The van der Waals surface area contributed by atoms with Gasteiger partial charge in [-0.1, -0.05) is 45.0 Å². The SMILES string of the molecule is CC(C)(C)C1CCC(C(=O)OCC(=O)NC2CCCc3ccccc32)CC1. The van der Waals surface area contributed by atoms with Crippen molar-refractivity contribution < 1.29 is 14.3 Å². The van der Waals surface area contributed by atoms with Crippen LogP contribution in [-0.2, 0) is 20.7 Å². The molecule has 0 aromatic heterocycles. The van der Waals surface area contributed by atoms with Gasteiger partial charge in [-0.25, -0.2) is 0 Å². The predicted molar refractivity (Wildman–Crippen MR) is 106 cm³/mol. The minimum absolute atomic E-state index is 0.0309. The van der Waals surface area contributed by atoms with Gasteiger partial charge in [0.05, 0.1) is 12.0 Å². The number of esters is 1. The molecule has 3 rings (SSSR count). The molecule has 0 saturated heterocycles. The number of carbonyl (C=O) groups is 2. The molecule has 1 N–H and O–H groups in total. The number of carbonyl (C=O) groups excluding carboxylic acids is 2. The summed E-state index contributed by atoms with van der Waals surface area (Å²) in [5.74, 6) is 0.206. The summed E-state index contributed by atoms with van der Waals surface area (Å²) in [5.41, 5.74) is 2.80. The minimum atomic E-state index is -0.207. The van der Waals surface area contributed by atoms with Crippen molar-refractivity contribution in [2.45, 2.75) is 71.8 Å². The van der Waals surface area contributed by atoms with E-state index in [1.807, 2.05) is 12.1 Å². The summed E-state index contributed by atoms with van der Waals surface area (Å²) < 4.78 is 5.34. The van der Waals surface area contributed by atoms with Gasteiger partial charge < -0.3 is 10.1 Å². The van der Waals surface area contributed by atoms with Crippen LogP contribution in [0.3, 0.4) is 0 Å². The average molecular weight is 372 g/mol. The second-order valence-corrected chi connectivity index (χ2v) is 9.23. The van der Waals surface area contributed by atoms with Gasteiger partial charge in [0.25, 0.3) is 5.91 Å². The number of rotatable bonds is 4. The van der Waals surface area contributed by atoms with E-state index in [9.17, 15) is 9.59 Å². The molecule has 0 radical (unpaired) electrons. The smallest absolute Gasteiger partial charge is 0.309 e. The maximum atomic E-state index is 12.3. The van der Waals surface area contributed by atoms with Crippen molar-refractivity contribution in [1.29, 1.82) is 0 Å². The number of ether oxygens (including phenoxy) is 1. The summed E-state index contributed by atoms with van der Waals surface area (Å²) in [4.78, 5) is 24.7. The second kappa shape index (κ2) is 8.45. The summed E-state index contributed by atoms with van der Waals surface area (Å²) in [7, 11) is 0. The van der Waals surface area contributed by atoms with Crippen molar-refractivity contribution in [2.75, 3.05) is 6.61 Å². The van der Waals surface area contributed by atoms with Crippen molar-refractivity contribution in [3.8, 4) is 0 Å². The fraction of sp³-hybridized carbons (Fsp3) is 0.652. The molecular formula is C23H33NO3. The first kappa shape index (κ1) is 19.9. The monoisotopic (exact) mass is 371 g/mol. The van der Waals surface area contributed by atoms with Gasteiger partial charge in [0, 0.05) is 0 Å². The first-order chi connectivity index (χ1) is 12.8. The predicted octanol–water partition coefficient (Wildman–Crippen LogP) is 4.58. The number of nitrogens with one attached hydrogen (secondary N) is 1. The number of hydrogen-bond acceptors (Lipinski definition) is 3. The standard InChI is InChI=1S/C23H33NO3/c1-23(2,3)18-13-11-17(12-14-18)22(26)27-15-21(25)24-20-10-6-8-16-7-4-5-9-19(16)20/h4-5,7,9,17-18,20H,6,8,10-15H2,1-3H3,(H,24,25). The van der Waals surface area contributed by atoms with Gasteiger partial charge in [-0.2, -0.15) is 0 Å². The molecule has 0 heterocycles. The van der Waals surface area contributed by atoms with E-state index in [-0.39, 0.29) is 30.4 Å². The third-order valence-corrected chi connectivity index (χ3v) is 6.34. The number of aryl methyl sites for hydroxylation is 1. The van der Waals surface area contributed by atoms with Crippen molar-refractivity contribution in [3.05, 3.63) is 35.4 Å². The molecule has 1 atom stereocenters. The molecule has 1 aromatic rings. The summed E-state index contributed by atoms with van der Waals surface area (Å²) in [6, 6.07) is 8.29. The zero-order valence-corrected chi connectivity index (χ0v) is 16.9. The van der Waals surface area contributed by atoms with Crippen LogP contribution in [0, 0.1) is 17.3 Å². The molecule has 4 nitrogen and oxygen atoms in total. The number of amides is 1. The molecule has 2 aliphatic rings. The normalized spacial score (nSPS) is 25.4. The lowest BCUT2D eigenvalue weighted by Gasteiger charge is -2.36. The third kappa shape index (κ3) is 5.12. The van der Waals surface area contributed by atoms with E-state index in [0.29, 0.717) is 11.3 Å². The molecule has 2 aliphatic carbocycles. The Hall–Kier alpha value is -1.84. The molecule has 1 amide bonds. The lowest BCUT2D eigenvalue weighted by molar-refractivity contribution is -0.154. The van der Waals surface area contributed by atoms with Crippen LogP contribution in [0.4, 0.5) is 0 Å². The highest BCUT2D eigenvalue weighted by Gasteiger charge is 2.33. The molecule has 148 valence electrons. The minimum Gasteiger partial charge on any atom is -0.455 e. The molecule has 27 heavy (non-hydrogen) atoms. The molecule has 0 spiro atoms. The lowest BCUT2D eigenvalue weighted by atomic mass is 9.70. The van der Waals surface area contributed by atoms with Gasteiger partial charge in [-0.15, -0.1) is 0 Å². The van der Waals surface area contributed by atoms with E-state index in [2.05, 4.69) is 38.2 Å². The van der Waals surface area contributed by atoms with Crippen LogP contribution in [0.25, 0.3) is 0 Å². The van der Waals surface area contributed by atoms with Crippen LogP contribution in [0.1, 0.15) is 76.5 Å². The van der Waals surface area contributed by atoms with E-state index in [1.165, 1.54) is 11.1 Å². The highest BCUT2D eigenvalue weighted by atomic mass is 16.5.